The lowest BCUT2D eigenvalue weighted by atomic mass is 10.1. The van der Waals surface area contributed by atoms with Gasteiger partial charge < -0.3 is 24.3 Å². The number of hydrogen-bond donors (Lipinski definition) is 1. The Morgan fingerprint density at radius 3 is 2.07 bits per heavy atom. The molecule has 0 aromatic heterocycles. The summed E-state index contributed by atoms with van der Waals surface area (Å²) in [6.07, 6.45) is 0. The van der Waals surface area contributed by atoms with Crippen molar-refractivity contribution in [3.05, 3.63) is 47.5 Å². The molecule has 0 aliphatic carbocycles. The van der Waals surface area contributed by atoms with Crippen molar-refractivity contribution in [2.24, 2.45) is 0 Å². The molecule has 0 radical (unpaired) electrons. The molecule has 6 heteroatoms. The maximum Gasteiger partial charge on any atom is 0.259 e. The number of ether oxygens (including phenoxy) is 4. The van der Waals surface area contributed by atoms with Crippen molar-refractivity contribution in [3.63, 3.8) is 0 Å². The van der Waals surface area contributed by atoms with Crippen molar-refractivity contribution in [2.45, 2.75) is 26.8 Å². The van der Waals surface area contributed by atoms with Gasteiger partial charge in [0, 0.05) is 0 Å². The molecule has 6 nitrogen and oxygen atoms in total. The van der Waals surface area contributed by atoms with E-state index in [1.807, 2.05) is 39.0 Å². The zero-order valence-electron chi connectivity index (χ0n) is 16.5. The minimum Gasteiger partial charge on any atom is -0.496 e. The average molecular weight is 373 g/mol. The molecule has 0 heterocycles. The van der Waals surface area contributed by atoms with Crippen molar-refractivity contribution in [3.8, 4) is 23.0 Å². The maximum atomic E-state index is 12.8. The summed E-state index contributed by atoms with van der Waals surface area (Å²) >= 11 is 0. The summed E-state index contributed by atoms with van der Waals surface area (Å²) in [5, 5.41) is 2.99. The summed E-state index contributed by atoms with van der Waals surface area (Å²) in [5.41, 5.74) is 1.27. The summed E-state index contributed by atoms with van der Waals surface area (Å²) in [7, 11) is 3.05. The molecule has 0 unspecified atom stereocenters. The largest absolute Gasteiger partial charge is 0.496 e. The van der Waals surface area contributed by atoms with Crippen LogP contribution < -0.4 is 24.3 Å². The minimum absolute atomic E-state index is 0.248. The molecule has 0 saturated heterocycles. The molecule has 0 aliphatic heterocycles. The first-order chi connectivity index (χ1) is 13.0. The van der Waals surface area contributed by atoms with E-state index in [1.54, 1.807) is 18.2 Å². The number of nitrogens with one attached hydrogen (secondary N) is 1. The normalized spacial score (nSPS) is 11.4. The monoisotopic (exact) mass is 373 g/mol. The van der Waals surface area contributed by atoms with Gasteiger partial charge in [-0.1, -0.05) is 12.1 Å². The fourth-order valence-electron chi connectivity index (χ4n) is 2.76. The number of amides is 1. The van der Waals surface area contributed by atoms with Crippen LogP contribution in [0, 0.1) is 0 Å². The second kappa shape index (κ2) is 9.71. The molecule has 0 aliphatic rings. The fourth-order valence-corrected chi connectivity index (χ4v) is 2.76. The highest BCUT2D eigenvalue weighted by Gasteiger charge is 2.21. The average Bonchev–Trinajstić information content (AvgIpc) is 2.68. The van der Waals surface area contributed by atoms with Crippen molar-refractivity contribution >= 4 is 5.91 Å². The first-order valence-corrected chi connectivity index (χ1v) is 8.97. The number of methoxy groups -OCH3 is 2. The van der Waals surface area contributed by atoms with Crippen LogP contribution in [0.5, 0.6) is 23.0 Å². The standard InChI is InChI=1S/C21H27NO5/c1-6-26-16-12-11-15(13-19(16)27-7-2)14(3)22-21(23)20-17(24-4)9-8-10-18(20)25-5/h8-14H,6-7H2,1-5H3,(H,22,23)/t14-/m1/s1. The summed E-state index contributed by atoms with van der Waals surface area (Å²) in [6.45, 7) is 6.84. The molecule has 0 spiro atoms. The van der Waals surface area contributed by atoms with Crippen LogP contribution in [-0.4, -0.2) is 33.3 Å². The molecule has 2 aromatic rings. The summed E-state index contributed by atoms with van der Waals surface area (Å²) in [4.78, 5) is 12.8. The first kappa shape index (κ1) is 20.4. The highest BCUT2D eigenvalue weighted by Crippen LogP contribution is 2.32. The minimum atomic E-state index is -0.274. The van der Waals surface area contributed by atoms with Gasteiger partial charge in [-0.2, -0.15) is 0 Å². The Balaban J connectivity index is 2.26. The third-order valence-corrected chi connectivity index (χ3v) is 4.07. The number of hydrogen-bond acceptors (Lipinski definition) is 5. The predicted octanol–water partition coefficient (Wildman–Crippen LogP) is 3.99. The Morgan fingerprint density at radius 2 is 1.52 bits per heavy atom. The number of carbonyl (C=O) groups excluding carboxylic acids is 1. The van der Waals surface area contributed by atoms with E-state index in [0.29, 0.717) is 41.8 Å². The van der Waals surface area contributed by atoms with Gasteiger partial charge in [-0.05, 0) is 50.6 Å². The Hall–Kier alpha value is -2.89. The lowest BCUT2D eigenvalue weighted by Gasteiger charge is -2.19. The number of carbonyl (C=O) groups is 1. The Labute approximate surface area is 160 Å². The zero-order chi connectivity index (χ0) is 19.8. The van der Waals surface area contributed by atoms with E-state index in [-0.39, 0.29) is 11.9 Å². The van der Waals surface area contributed by atoms with Crippen LogP contribution >= 0.6 is 0 Å². The molecule has 1 amide bonds. The highest BCUT2D eigenvalue weighted by molar-refractivity contribution is 6.00. The third-order valence-electron chi connectivity index (χ3n) is 4.07. The Kier molecular flexibility index (Phi) is 7.34. The van der Waals surface area contributed by atoms with Crippen molar-refractivity contribution in [2.75, 3.05) is 27.4 Å². The summed E-state index contributed by atoms with van der Waals surface area (Å²) in [6, 6.07) is 10.6. The summed E-state index contributed by atoms with van der Waals surface area (Å²) in [5.74, 6) is 1.99. The van der Waals surface area contributed by atoms with E-state index < -0.39 is 0 Å². The Morgan fingerprint density at radius 1 is 0.926 bits per heavy atom. The van der Waals surface area contributed by atoms with Crippen molar-refractivity contribution in [1.29, 1.82) is 0 Å². The first-order valence-electron chi connectivity index (χ1n) is 8.97. The van der Waals surface area contributed by atoms with Crippen LogP contribution in [0.25, 0.3) is 0 Å². The van der Waals surface area contributed by atoms with Gasteiger partial charge in [-0.25, -0.2) is 0 Å². The predicted molar refractivity (Wildman–Crippen MR) is 104 cm³/mol. The van der Waals surface area contributed by atoms with E-state index in [9.17, 15) is 4.79 Å². The lowest BCUT2D eigenvalue weighted by Crippen LogP contribution is -2.27. The van der Waals surface area contributed by atoms with Crippen molar-refractivity contribution in [1.82, 2.24) is 5.32 Å². The van der Waals surface area contributed by atoms with Gasteiger partial charge in [-0.3, -0.25) is 4.79 Å². The quantitative estimate of drug-likeness (QED) is 0.720. The van der Waals surface area contributed by atoms with Gasteiger partial charge in [0.1, 0.15) is 17.1 Å². The Bertz CT molecular complexity index is 753. The fraction of sp³-hybridized carbons (Fsp3) is 0.381. The van der Waals surface area contributed by atoms with Gasteiger partial charge in [-0.15, -0.1) is 0 Å². The second-order valence-electron chi connectivity index (χ2n) is 5.80. The van der Waals surface area contributed by atoms with Crippen LogP contribution in [0.3, 0.4) is 0 Å². The molecule has 2 rings (SSSR count). The molecule has 2 aromatic carbocycles. The van der Waals surface area contributed by atoms with E-state index >= 15 is 0 Å². The molecule has 146 valence electrons. The number of benzene rings is 2. The van der Waals surface area contributed by atoms with Crippen LogP contribution in [0.4, 0.5) is 0 Å². The molecule has 0 fully saturated rings. The van der Waals surface area contributed by atoms with Gasteiger partial charge in [0.25, 0.3) is 5.91 Å². The maximum absolute atomic E-state index is 12.8. The lowest BCUT2D eigenvalue weighted by molar-refractivity contribution is 0.0933. The molecule has 27 heavy (non-hydrogen) atoms. The van der Waals surface area contributed by atoms with Gasteiger partial charge >= 0.3 is 0 Å². The molecular formula is C21H27NO5. The molecular weight excluding hydrogens is 346 g/mol. The van der Waals surface area contributed by atoms with Crippen molar-refractivity contribution < 1.29 is 23.7 Å². The smallest absolute Gasteiger partial charge is 0.259 e. The molecule has 1 atom stereocenters. The van der Waals surface area contributed by atoms with Gasteiger partial charge in [0.05, 0.1) is 33.5 Å². The van der Waals surface area contributed by atoms with E-state index in [2.05, 4.69) is 5.32 Å². The topological polar surface area (TPSA) is 66.0 Å². The van der Waals surface area contributed by atoms with Crippen LogP contribution in [0.1, 0.15) is 42.7 Å². The van der Waals surface area contributed by atoms with Crippen LogP contribution in [-0.2, 0) is 0 Å². The zero-order valence-corrected chi connectivity index (χ0v) is 16.5. The van der Waals surface area contributed by atoms with Crippen LogP contribution in [0.15, 0.2) is 36.4 Å². The third kappa shape index (κ3) is 4.84. The second-order valence-corrected chi connectivity index (χ2v) is 5.80. The molecule has 0 bridgehead atoms. The van der Waals surface area contributed by atoms with E-state index in [1.165, 1.54) is 14.2 Å². The van der Waals surface area contributed by atoms with E-state index in [0.717, 1.165) is 5.56 Å². The SMILES string of the molecule is CCOc1ccc([C@@H](C)NC(=O)c2c(OC)cccc2OC)cc1OCC. The van der Waals surface area contributed by atoms with E-state index in [4.69, 9.17) is 18.9 Å². The molecule has 0 saturated carbocycles. The van der Waals surface area contributed by atoms with Crippen LogP contribution in [0.2, 0.25) is 0 Å². The van der Waals surface area contributed by atoms with Gasteiger partial charge in [0.2, 0.25) is 0 Å². The molecule has 1 N–H and O–H groups in total. The highest BCUT2D eigenvalue weighted by atomic mass is 16.5. The van der Waals surface area contributed by atoms with Gasteiger partial charge in [0.15, 0.2) is 11.5 Å². The number of rotatable bonds is 9. The summed E-state index contributed by atoms with van der Waals surface area (Å²) < 4.78 is 21.9.